The Morgan fingerprint density at radius 3 is 2.40 bits per heavy atom. The molecular weight excluding hydrogens is 261 g/mol. The second kappa shape index (κ2) is 3.34. The summed E-state index contributed by atoms with van der Waals surface area (Å²) in [6.45, 7) is 0. The lowest BCUT2D eigenvalue weighted by Crippen LogP contribution is -1.90. The molecule has 0 aromatic heterocycles. The number of hydrogen-bond donors (Lipinski definition) is 1. The molecule has 0 heterocycles. The summed E-state index contributed by atoms with van der Waals surface area (Å²) in [5, 5.41) is 0. The molecule has 1 unspecified atom stereocenters. The highest BCUT2D eigenvalue weighted by Crippen LogP contribution is 2.18. The van der Waals surface area contributed by atoms with E-state index in [9.17, 15) is 4.21 Å². The van der Waals surface area contributed by atoms with Gasteiger partial charge >= 0.3 is 0 Å². The van der Waals surface area contributed by atoms with Crippen LogP contribution in [-0.4, -0.2) is 4.21 Å². The Morgan fingerprint density at radius 1 is 1.40 bits per heavy atom. The number of benzene rings is 1. The average Bonchev–Trinajstić information content (AvgIpc) is 1.88. The Morgan fingerprint density at radius 2 is 2.00 bits per heavy atom. The largest absolute Gasteiger partial charge is 0.398 e. The highest BCUT2D eigenvalue weighted by molar-refractivity contribution is 14.2. The van der Waals surface area contributed by atoms with Gasteiger partial charge in [-0.2, -0.15) is 0 Å². The van der Waals surface area contributed by atoms with E-state index in [4.69, 9.17) is 5.73 Å². The van der Waals surface area contributed by atoms with Crippen molar-refractivity contribution in [3.05, 3.63) is 24.3 Å². The SMILES string of the molecule is Nc1ccccc1S(=O)I. The fourth-order valence-corrected chi connectivity index (χ4v) is 2.27. The van der Waals surface area contributed by atoms with Gasteiger partial charge in [-0.1, -0.05) is 12.1 Å². The normalized spacial score (nSPS) is 12.9. The van der Waals surface area contributed by atoms with Crippen LogP contribution in [0.2, 0.25) is 0 Å². The van der Waals surface area contributed by atoms with Gasteiger partial charge in [0.25, 0.3) is 0 Å². The van der Waals surface area contributed by atoms with Crippen molar-refractivity contribution in [2.24, 2.45) is 0 Å². The maximum Gasteiger partial charge on any atom is 0.117 e. The summed E-state index contributed by atoms with van der Waals surface area (Å²) < 4.78 is 10.9. The Balaban J connectivity index is 3.15. The fraction of sp³-hybridized carbons (Fsp3) is 0. The fourth-order valence-electron chi connectivity index (χ4n) is 0.627. The molecule has 1 aromatic rings. The van der Waals surface area contributed by atoms with Crippen LogP contribution >= 0.6 is 21.2 Å². The van der Waals surface area contributed by atoms with Crippen LogP contribution in [-0.2, 0) is 7.97 Å². The molecule has 0 saturated carbocycles. The summed E-state index contributed by atoms with van der Waals surface area (Å²) in [4.78, 5) is 0.697. The third kappa shape index (κ3) is 1.69. The van der Waals surface area contributed by atoms with Crippen molar-refractivity contribution in [1.29, 1.82) is 0 Å². The van der Waals surface area contributed by atoms with Crippen molar-refractivity contribution in [2.75, 3.05) is 5.73 Å². The Bertz CT molecular complexity index is 264. The number of halogens is 1. The summed E-state index contributed by atoms with van der Waals surface area (Å²) in [7, 11) is -0.996. The molecule has 0 aliphatic carbocycles. The number of para-hydroxylation sites is 1. The van der Waals surface area contributed by atoms with Crippen LogP contribution in [0, 0.1) is 0 Å². The van der Waals surface area contributed by atoms with Crippen molar-refractivity contribution in [2.45, 2.75) is 4.90 Å². The van der Waals surface area contributed by atoms with E-state index in [1.807, 2.05) is 33.3 Å². The Kier molecular flexibility index (Phi) is 2.67. The first-order valence-corrected chi connectivity index (χ1v) is 6.33. The number of nitrogen functional groups attached to an aromatic ring is 1. The summed E-state index contributed by atoms with van der Waals surface area (Å²) in [6, 6.07) is 7.15. The lowest BCUT2D eigenvalue weighted by Gasteiger charge is -1.97. The third-order valence-corrected chi connectivity index (χ3v) is 3.23. The molecule has 54 valence electrons. The van der Waals surface area contributed by atoms with Gasteiger partial charge in [0.2, 0.25) is 0 Å². The molecule has 0 spiro atoms. The topological polar surface area (TPSA) is 43.1 Å². The molecule has 0 bridgehead atoms. The molecule has 0 aliphatic rings. The zero-order chi connectivity index (χ0) is 7.56. The van der Waals surface area contributed by atoms with E-state index in [0.29, 0.717) is 10.6 Å². The molecule has 0 amide bonds. The molecule has 2 N–H and O–H groups in total. The Hall–Kier alpha value is -0.100. The molecule has 1 aromatic carbocycles. The van der Waals surface area contributed by atoms with Crippen molar-refractivity contribution in [1.82, 2.24) is 0 Å². The van der Waals surface area contributed by atoms with E-state index in [0.717, 1.165) is 0 Å². The lowest BCUT2D eigenvalue weighted by atomic mass is 10.3. The van der Waals surface area contributed by atoms with Crippen molar-refractivity contribution in [3.8, 4) is 0 Å². The molecule has 0 saturated heterocycles. The van der Waals surface area contributed by atoms with E-state index in [2.05, 4.69) is 0 Å². The quantitative estimate of drug-likeness (QED) is 0.478. The van der Waals surface area contributed by atoms with Crippen LogP contribution in [0.3, 0.4) is 0 Å². The molecule has 10 heavy (non-hydrogen) atoms. The van der Waals surface area contributed by atoms with Crippen molar-refractivity contribution < 1.29 is 4.21 Å². The minimum absolute atomic E-state index is 0.593. The second-order valence-electron chi connectivity index (χ2n) is 1.76. The van der Waals surface area contributed by atoms with E-state index in [1.54, 1.807) is 12.1 Å². The van der Waals surface area contributed by atoms with Crippen LogP contribution in [0.5, 0.6) is 0 Å². The van der Waals surface area contributed by atoms with Crippen molar-refractivity contribution in [3.63, 3.8) is 0 Å². The maximum atomic E-state index is 10.9. The standard InChI is InChI=1S/C6H6INOS/c7-10(9)6-4-2-1-3-5(6)8/h1-4H,8H2. The minimum atomic E-state index is -0.996. The molecule has 1 atom stereocenters. The first-order valence-electron chi connectivity index (χ1n) is 2.64. The molecule has 1 rings (SSSR count). The molecule has 4 heteroatoms. The van der Waals surface area contributed by atoms with Gasteiger partial charge in [0, 0.05) is 26.9 Å². The van der Waals surface area contributed by atoms with E-state index in [-0.39, 0.29) is 0 Å². The van der Waals surface area contributed by atoms with Crippen LogP contribution in [0.1, 0.15) is 0 Å². The summed E-state index contributed by atoms with van der Waals surface area (Å²) in [5.41, 5.74) is 6.12. The first-order chi connectivity index (χ1) is 4.72. The van der Waals surface area contributed by atoms with E-state index < -0.39 is 7.97 Å². The molecular formula is C6H6INOS. The molecule has 0 aliphatic heterocycles. The smallest absolute Gasteiger partial charge is 0.117 e. The van der Waals surface area contributed by atoms with Gasteiger partial charge in [-0.25, -0.2) is 4.21 Å². The van der Waals surface area contributed by atoms with Gasteiger partial charge in [-0.3, -0.25) is 0 Å². The van der Waals surface area contributed by atoms with Gasteiger partial charge in [-0.15, -0.1) is 0 Å². The summed E-state index contributed by atoms with van der Waals surface area (Å²) in [5.74, 6) is 0. The molecule has 2 nitrogen and oxygen atoms in total. The minimum Gasteiger partial charge on any atom is -0.398 e. The van der Waals surface area contributed by atoms with E-state index >= 15 is 0 Å². The van der Waals surface area contributed by atoms with E-state index in [1.165, 1.54) is 0 Å². The zero-order valence-corrected chi connectivity index (χ0v) is 8.06. The number of rotatable bonds is 1. The monoisotopic (exact) mass is 267 g/mol. The van der Waals surface area contributed by atoms with Crippen LogP contribution in [0.4, 0.5) is 5.69 Å². The predicted octanol–water partition coefficient (Wildman–Crippen LogP) is 1.73. The van der Waals surface area contributed by atoms with Crippen LogP contribution in [0.15, 0.2) is 29.2 Å². The van der Waals surface area contributed by atoms with Gasteiger partial charge in [-0.05, 0) is 12.1 Å². The number of nitrogens with two attached hydrogens (primary N) is 1. The average molecular weight is 267 g/mol. The number of anilines is 1. The first kappa shape index (κ1) is 8.00. The number of hydrogen-bond acceptors (Lipinski definition) is 2. The zero-order valence-electron chi connectivity index (χ0n) is 5.08. The third-order valence-electron chi connectivity index (χ3n) is 1.09. The van der Waals surface area contributed by atoms with Gasteiger partial charge in [0.15, 0.2) is 0 Å². The van der Waals surface area contributed by atoms with Gasteiger partial charge in [0.1, 0.15) is 7.97 Å². The summed E-state index contributed by atoms with van der Waals surface area (Å²) in [6.07, 6.45) is 0. The van der Waals surface area contributed by atoms with Crippen molar-refractivity contribution >= 4 is 34.9 Å². The van der Waals surface area contributed by atoms with Crippen LogP contribution < -0.4 is 5.73 Å². The highest BCUT2D eigenvalue weighted by Gasteiger charge is 2.00. The van der Waals surface area contributed by atoms with Gasteiger partial charge < -0.3 is 5.73 Å². The van der Waals surface area contributed by atoms with Gasteiger partial charge in [0.05, 0.1) is 4.90 Å². The molecule has 0 radical (unpaired) electrons. The second-order valence-corrected chi connectivity index (χ2v) is 5.05. The summed E-state index contributed by atoms with van der Waals surface area (Å²) >= 11 is 1.83. The maximum absolute atomic E-state index is 10.9. The Labute approximate surface area is 73.9 Å². The molecule has 0 fully saturated rings. The lowest BCUT2D eigenvalue weighted by molar-refractivity contribution is 0.693. The predicted molar refractivity (Wildman–Crippen MR) is 51.3 cm³/mol. The van der Waals surface area contributed by atoms with Crippen LogP contribution in [0.25, 0.3) is 0 Å². The highest BCUT2D eigenvalue weighted by atomic mass is 127.